The number of hydrogen-bond acceptors (Lipinski definition) is 5. The van der Waals surface area contributed by atoms with Crippen LogP contribution in [0.1, 0.15) is 278 Å². The lowest BCUT2D eigenvalue weighted by Gasteiger charge is -2.18. The first-order valence-corrected chi connectivity index (χ1v) is 26.5. The predicted octanol–water partition coefficient (Wildman–Crippen LogP) is 17.8. The lowest BCUT2D eigenvalue weighted by molar-refractivity contribution is -0.155. The van der Waals surface area contributed by atoms with E-state index in [-0.39, 0.29) is 25.2 Å². The summed E-state index contributed by atoms with van der Waals surface area (Å²) in [6.07, 6.45) is 61.7. The zero-order valence-electron chi connectivity index (χ0n) is 40.5. The number of unbranched alkanes of at least 4 members (excludes halogenated alkanes) is 32. The number of carbonyl (C=O) groups excluding carboxylic acids is 2. The predicted molar refractivity (Wildman–Crippen MR) is 261 cm³/mol. The van der Waals surface area contributed by atoms with Crippen molar-refractivity contribution in [1.29, 1.82) is 0 Å². The maximum Gasteiger partial charge on any atom is 0.305 e. The molecular weight excluding hydrogens is 741 g/mol. The average molecular weight is 843 g/mol. The van der Waals surface area contributed by atoms with Crippen molar-refractivity contribution < 1.29 is 23.8 Å². The Kier molecular flexibility index (Phi) is 49.9. The Morgan fingerprint density at radius 2 is 0.633 bits per heavy atom. The van der Waals surface area contributed by atoms with Crippen LogP contribution in [0.15, 0.2) is 36.5 Å². The average Bonchev–Trinajstić information content (AvgIpc) is 3.25. The molecule has 0 heterocycles. The molecule has 1 unspecified atom stereocenters. The highest BCUT2D eigenvalue weighted by atomic mass is 16.6. The van der Waals surface area contributed by atoms with Gasteiger partial charge in [-0.2, -0.15) is 0 Å². The van der Waals surface area contributed by atoms with Crippen LogP contribution in [0.25, 0.3) is 0 Å². The number of carbonyl (C=O) groups is 2. The summed E-state index contributed by atoms with van der Waals surface area (Å²) in [5.74, 6) is -0.342. The van der Waals surface area contributed by atoms with Gasteiger partial charge < -0.3 is 14.2 Å². The minimum Gasteiger partial charge on any atom is -0.463 e. The van der Waals surface area contributed by atoms with E-state index in [0.29, 0.717) is 19.4 Å². The molecule has 0 fully saturated rings. The monoisotopic (exact) mass is 843 g/mol. The molecule has 0 saturated heterocycles. The molecule has 0 aliphatic heterocycles. The van der Waals surface area contributed by atoms with E-state index in [1.54, 1.807) is 0 Å². The third-order valence-electron chi connectivity index (χ3n) is 11.7. The van der Waals surface area contributed by atoms with Crippen molar-refractivity contribution in [1.82, 2.24) is 0 Å². The second-order valence-electron chi connectivity index (χ2n) is 17.8. The van der Waals surface area contributed by atoms with Crippen LogP contribution in [-0.4, -0.2) is 37.9 Å². The van der Waals surface area contributed by atoms with Crippen molar-refractivity contribution in [2.24, 2.45) is 0 Å². The summed E-state index contributed by atoms with van der Waals surface area (Å²) in [5, 5.41) is 0. The number of rotatable bonds is 49. The van der Waals surface area contributed by atoms with Gasteiger partial charge in [0, 0.05) is 19.4 Å². The minimum absolute atomic E-state index is 0.150. The third-order valence-corrected chi connectivity index (χ3v) is 11.7. The highest BCUT2D eigenvalue weighted by Gasteiger charge is 2.16. The molecule has 5 heteroatoms. The molecule has 0 radical (unpaired) electrons. The smallest absolute Gasteiger partial charge is 0.305 e. The molecule has 0 bridgehead atoms. The zero-order valence-corrected chi connectivity index (χ0v) is 40.5. The number of hydrogen-bond donors (Lipinski definition) is 0. The van der Waals surface area contributed by atoms with Gasteiger partial charge in [-0.05, 0) is 77.0 Å². The second-order valence-corrected chi connectivity index (χ2v) is 17.8. The summed E-state index contributed by atoms with van der Waals surface area (Å²) < 4.78 is 17.4. The first-order valence-electron chi connectivity index (χ1n) is 26.5. The molecule has 5 nitrogen and oxygen atoms in total. The molecule has 0 saturated carbocycles. The SMILES string of the molecule is CCCCCC=CCC=CCCCCCCCC(=O)OCC(COC(=O)CCCCCCCCCCCCCCC)OCCCCCCCCC=CCCCCCCCC. The lowest BCUT2D eigenvalue weighted by atomic mass is 10.0. The van der Waals surface area contributed by atoms with E-state index in [1.807, 2.05) is 0 Å². The van der Waals surface area contributed by atoms with Crippen LogP contribution < -0.4 is 0 Å². The number of esters is 2. The van der Waals surface area contributed by atoms with Gasteiger partial charge in [-0.1, -0.05) is 224 Å². The van der Waals surface area contributed by atoms with Crippen molar-refractivity contribution in [3.05, 3.63) is 36.5 Å². The van der Waals surface area contributed by atoms with Crippen molar-refractivity contribution in [3.8, 4) is 0 Å². The van der Waals surface area contributed by atoms with Crippen LogP contribution in [-0.2, 0) is 23.8 Å². The molecule has 0 aliphatic carbocycles. The maximum absolute atomic E-state index is 12.6. The molecule has 352 valence electrons. The Morgan fingerprint density at radius 3 is 1.02 bits per heavy atom. The van der Waals surface area contributed by atoms with Gasteiger partial charge in [0.15, 0.2) is 0 Å². The Bertz CT molecular complexity index is 955. The first-order chi connectivity index (χ1) is 29.6. The Hall–Kier alpha value is -1.88. The van der Waals surface area contributed by atoms with Crippen LogP contribution in [0.3, 0.4) is 0 Å². The van der Waals surface area contributed by atoms with E-state index in [0.717, 1.165) is 57.8 Å². The van der Waals surface area contributed by atoms with Gasteiger partial charge >= 0.3 is 11.9 Å². The summed E-state index contributed by atoms with van der Waals surface area (Å²) >= 11 is 0. The topological polar surface area (TPSA) is 61.8 Å². The molecule has 0 spiro atoms. The largest absolute Gasteiger partial charge is 0.463 e. The molecule has 0 aromatic heterocycles. The molecule has 60 heavy (non-hydrogen) atoms. The quantitative estimate of drug-likeness (QED) is 0.0347. The summed E-state index contributed by atoms with van der Waals surface area (Å²) in [4.78, 5) is 25.2. The van der Waals surface area contributed by atoms with E-state index in [4.69, 9.17) is 14.2 Å². The zero-order chi connectivity index (χ0) is 43.5. The summed E-state index contributed by atoms with van der Waals surface area (Å²) in [6.45, 7) is 7.71. The molecule has 0 aliphatic rings. The maximum atomic E-state index is 12.6. The van der Waals surface area contributed by atoms with Crippen LogP contribution in [0.2, 0.25) is 0 Å². The van der Waals surface area contributed by atoms with E-state index < -0.39 is 6.10 Å². The van der Waals surface area contributed by atoms with Gasteiger partial charge in [0.1, 0.15) is 19.3 Å². The van der Waals surface area contributed by atoms with Crippen molar-refractivity contribution in [2.45, 2.75) is 284 Å². The van der Waals surface area contributed by atoms with Gasteiger partial charge in [-0.3, -0.25) is 9.59 Å². The molecule has 0 N–H and O–H groups in total. The Labute approximate surface area is 374 Å². The molecule has 0 aromatic rings. The summed E-state index contributed by atoms with van der Waals surface area (Å²) in [7, 11) is 0. The summed E-state index contributed by atoms with van der Waals surface area (Å²) in [6, 6.07) is 0. The van der Waals surface area contributed by atoms with E-state index >= 15 is 0 Å². The van der Waals surface area contributed by atoms with Gasteiger partial charge in [0.25, 0.3) is 0 Å². The summed E-state index contributed by atoms with van der Waals surface area (Å²) in [5.41, 5.74) is 0. The van der Waals surface area contributed by atoms with Crippen molar-refractivity contribution in [3.63, 3.8) is 0 Å². The minimum atomic E-state index is -0.405. The fourth-order valence-electron chi connectivity index (χ4n) is 7.63. The van der Waals surface area contributed by atoms with E-state index in [1.165, 1.54) is 186 Å². The number of ether oxygens (including phenoxy) is 3. The van der Waals surface area contributed by atoms with Crippen LogP contribution in [0.5, 0.6) is 0 Å². The first kappa shape index (κ1) is 58.1. The van der Waals surface area contributed by atoms with Crippen LogP contribution in [0, 0.1) is 0 Å². The van der Waals surface area contributed by atoms with Gasteiger partial charge in [-0.25, -0.2) is 0 Å². The third kappa shape index (κ3) is 48.8. The molecular formula is C55H102O5. The highest BCUT2D eigenvalue weighted by molar-refractivity contribution is 5.69. The molecule has 0 amide bonds. The normalized spacial score (nSPS) is 12.4. The van der Waals surface area contributed by atoms with Gasteiger partial charge in [-0.15, -0.1) is 0 Å². The van der Waals surface area contributed by atoms with E-state index in [2.05, 4.69) is 57.2 Å². The lowest BCUT2D eigenvalue weighted by Crippen LogP contribution is -2.29. The highest BCUT2D eigenvalue weighted by Crippen LogP contribution is 2.15. The van der Waals surface area contributed by atoms with Gasteiger partial charge in [0.2, 0.25) is 0 Å². The van der Waals surface area contributed by atoms with Crippen LogP contribution >= 0.6 is 0 Å². The Balaban J connectivity index is 4.27. The van der Waals surface area contributed by atoms with Gasteiger partial charge in [0.05, 0.1) is 0 Å². The van der Waals surface area contributed by atoms with Crippen LogP contribution in [0.4, 0.5) is 0 Å². The molecule has 1 atom stereocenters. The van der Waals surface area contributed by atoms with Crippen molar-refractivity contribution >= 4 is 11.9 Å². The number of allylic oxidation sites excluding steroid dienone is 6. The standard InChI is InChI=1S/C55H102O5/c1-4-7-10-13-16-19-22-25-27-29-32-35-38-41-44-47-50-58-53(51-59-54(56)48-45-42-39-36-33-30-24-21-18-15-12-9-6-3)52-60-55(57)49-46-43-40-37-34-31-28-26-23-20-17-14-11-8-5-2/h17,20,25-28,53H,4-16,18-19,21-24,29-52H2,1-3H3. The molecule has 0 rings (SSSR count). The molecule has 0 aromatic carbocycles. The Morgan fingerprint density at radius 1 is 0.350 bits per heavy atom. The fraction of sp³-hybridized carbons (Fsp3) is 0.855. The van der Waals surface area contributed by atoms with Crippen molar-refractivity contribution in [2.75, 3.05) is 19.8 Å². The fourth-order valence-corrected chi connectivity index (χ4v) is 7.63. The second kappa shape index (κ2) is 51.5. The van der Waals surface area contributed by atoms with E-state index in [9.17, 15) is 9.59 Å².